The minimum absolute atomic E-state index is 1.82. The van der Waals surface area contributed by atoms with Gasteiger partial charge in [-0.15, -0.1) is 0 Å². The monoisotopic (exact) mass is 206 g/mol. The molecule has 5 heteroatoms. The summed E-state index contributed by atoms with van der Waals surface area (Å²) < 4.78 is 23.2. The van der Waals surface area contributed by atoms with Crippen LogP contribution in [0.1, 0.15) is 0 Å². The Hall–Kier alpha value is 0.958. The predicted molar refractivity (Wildman–Crippen MR) is 18.2 cm³/mol. The van der Waals surface area contributed by atoms with Crippen molar-refractivity contribution in [2.24, 2.45) is 0 Å². The molecule has 0 aliphatic heterocycles. The Bertz CT molecular complexity index is 53.0. The Labute approximate surface area is 38.3 Å². The van der Waals surface area contributed by atoms with Gasteiger partial charge in [0.2, 0.25) is 0 Å². The molecule has 0 saturated heterocycles. The molecule has 0 aliphatic carbocycles. The van der Waals surface area contributed by atoms with Gasteiger partial charge in [0.05, 0.1) is 0 Å². The molecule has 0 saturated carbocycles. The van der Waals surface area contributed by atoms with Crippen molar-refractivity contribution >= 4 is 25.6 Å². The first-order valence-corrected chi connectivity index (χ1v) is 8.05. The van der Waals surface area contributed by atoms with E-state index in [0.29, 0.717) is 0 Å². The molecule has 0 aromatic heterocycles. The van der Waals surface area contributed by atoms with Gasteiger partial charge in [0.15, 0.2) is 0 Å². The third kappa shape index (κ3) is 47.3. The first kappa shape index (κ1) is 5.96. The fourth-order valence-corrected chi connectivity index (χ4v) is 0. The molecule has 0 atom stereocenters. The first-order chi connectivity index (χ1) is 2.00. The van der Waals surface area contributed by atoms with Crippen LogP contribution in [0.15, 0.2) is 0 Å². The Morgan fingerprint density at radius 1 is 1.20 bits per heavy atom. The average molecular weight is 205 g/mol. The van der Waals surface area contributed by atoms with Crippen LogP contribution >= 0.6 is 0 Å². The summed E-state index contributed by atoms with van der Waals surface area (Å²) in [4.78, 5) is 0. The fourth-order valence-electron chi connectivity index (χ4n) is 0. The zero-order valence-electron chi connectivity index (χ0n) is 2.20. The van der Waals surface area contributed by atoms with Crippen molar-refractivity contribution in [1.82, 2.24) is 0 Å². The summed E-state index contributed by atoms with van der Waals surface area (Å²) in [6.45, 7) is 0. The standard InChI is InChI=1S/AsH3O3Se/c2-1(3,4)5/h(H3,2,3,4,5). The third-order valence-electron chi connectivity index (χ3n) is 0. The Kier molecular flexibility index (Phi) is 1.91. The quantitative estimate of drug-likeness (QED) is 0.385. The second-order valence-electron chi connectivity index (χ2n) is 0.513. The van der Waals surface area contributed by atoms with Gasteiger partial charge < -0.3 is 0 Å². The Balaban J connectivity index is 3.47. The van der Waals surface area contributed by atoms with Gasteiger partial charge in [0.1, 0.15) is 0 Å². The maximum absolute atomic E-state index is 7.75. The van der Waals surface area contributed by atoms with E-state index in [0.717, 1.165) is 0 Å². The van der Waals surface area contributed by atoms with Gasteiger partial charge in [-0.3, -0.25) is 0 Å². The minimum atomic E-state index is -4.00. The molecule has 3 N–H and O–H groups in total. The van der Waals surface area contributed by atoms with Crippen LogP contribution in [0.4, 0.5) is 0 Å². The average Bonchev–Trinajstić information content (AvgIpc) is 0.722. The van der Waals surface area contributed by atoms with Crippen LogP contribution in [0.25, 0.3) is 0 Å². The Morgan fingerprint density at radius 3 is 1.20 bits per heavy atom. The number of hydrogen-bond acceptors (Lipinski definition) is 3. The van der Waals surface area contributed by atoms with Gasteiger partial charge in [-0.2, -0.15) is 0 Å². The van der Waals surface area contributed by atoms with E-state index in [1.807, 2.05) is 13.5 Å². The molecule has 0 rings (SSSR count). The van der Waals surface area contributed by atoms with Crippen molar-refractivity contribution in [3.05, 3.63) is 0 Å². The molecule has 0 unspecified atom stereocenters. The van der Waals surface area contributed by atoms with Gasteiger partial charge in [-0.05, 0) is 0 Å². The molecule has 0 aromatic rings. The van der Waals surface area contributed by atoms with Gasteiger partial charge in [-0.25, -0.2) is 0 Å². The van der Waals surface area contributed by atoms with E-state index in [9.17, 15) is 0 Å². The number of rotatable bonds is 0. The van der Waals surface area contributed by atoms with E-state index in [4.69, 9.17) is 12.3 Å². The topological polar surface area (TPSA) is 60.7 Å². The molecule has 0 heterocycles. The Morgan fingerprint density at radius 2 is 1.20 bits per heavy atom. The summed E-state index contributed by atoms with van der Waals surface area (Å²) in [5, 5.41) is 0. The van der Waals surface area contributed by atoms with E-state index in [1.54, 1.807) is 0 Å². The van der Waals surface area contributed by atoms with Crippen molar-refractivity contribution in [2.75, 3.05) is 0 Å². The van der Waals surface area contributed by atoms with Gasteiger partial charge in [0, 0.05) is 0 Å². The summed E-state index contributed by atoms with van der Waals surface area (Å²) in [5.74, 6) is 0. The van der Waals surface area contributed by atoms with Crippen LogP contribution in [0, 0.1) is 0 Å². The van der Waals surface area contributed by atoms with Crippen LogP contribution in [-0.4, -0.2) is 37.9 Å². The van der Waals surface area contributed by atoms with Crippen LogP contribution in [0.5, 0.6) is 0 Å². The normalized spacial score (nSPS) is 11.8. The van der Waals surface area contributed by atoms with E-state index in [1.165, 1.54) is 0 Å². The second kappa shape index (κ2) is 1.60. The molecule has 3 nitrogen and oxygen atoms in total. The summed E-state index contributed by atoms with van der Waals surface area (Å²) in [6.07, 6.45) is 0. The van der Waals surface area contributed by atoms with Gasteiger partial charge in [0.25, 0.3) is 0 Å². The van der Waals surface area contributed by atoms with Crippen molar-refractivity contribution in [3.63, 3.8) is 0 Å². The molecule has 0 fully saturated rings. The summed E-state index contributed by atoms with van der Waals surface area (Å²) in [7, 11) is 0. The molecule has 0 spiro atoms. The SMILES string of the molecule is O[As](O)(O)=[Se]. The molecule has 5 heavy (non-hydrogen) atoms. The van der Waals surface area contributed by atoms with Crippen molar-refractivity contribution in [1.29, 1.82) is 0 Å². The van der Waals surface area contributed by atoms with Gasteiger partial charge in [-0.1, -0.05) is 0 Å². The predicted octanol–water partition coefficient (Wildman–Crippen LogP) is -2.43. The molecule has 0 aliphatic rings. The van der Waals surface area contributed by atoms with Gasteiger partial charge >= 0.3 is 37.9 Å². The zero-order valence-corrected chi connectivity index (χ0v) is 5.79. The maximum atomic E-state index is 7.75. The van der Waals surface area contributed by atoms with Crippen LogP contribution in [-0.2, 0) is 0 Å². The summed E-state index contributed by atoms with van der Waals surface area (Å²) >= 11 is -2.18. The van der Waals surface area contributed by atoms with Crippen molar-refractivity contribution < 1.29 is 12.3 Å². The molecular weight excluding hydrogens is 202 g/mol. The first-order valence-electron chi connectivity index (χ1n) is 0.783. The molecule has 0 radical (unpaired) electrons. The summed E-state index contributed by atoms with van der Waals surface area (Å²) in [6, 6.07) is 0. The van der Waals surface area contributed by atoms with Crippen LogP contribution in [0.3, 0.4) is 0 Å². The van der Waals surface area contributed by atoms with Crippen molar-refractivity contribution in [3.8, 4) is 0 Å². The number of hydrogen-bond donors (Lipinski definition) is 3. The third-order valence-corrected chi connectivity index (χ3v) is 0. The fraction of sp³-hybridized carbons (Fsp3) is 0. The molecule has 0 bridgehead atoms. The van der Waals surface area contributed by atoms with Crippen molar-refractivity contribution in [2.45, 2.75) is 0 Å². The molecule has 32 valence electrons. The molecule has 0 amide bonds. The molecular formula is H3AsO3Se. The van der Waals surface area contributed by atoms with E-state index in [2.05, 4.69) is 0 Å². The van der Waals surface area contributed by atoms with Crippen LogP contribution < -0.4 is 0 Å². The van der Waals surface area contributed by atoms with E-state index in [-0.39, 0.29) is 0 Å². The molecule has 0 aromatic carbocycles. The zero-order chi connectivity index (χ0) is 4.50. The van der Waals surface area contributed by atoms with E-state index < -0.39 is 12.1 Å². The van der Waals surface area contributed by atoms with Crippen LogP contribution in [0.2, 0.25) is 0 Å². The summed E-state index contributed by atoms with van der Waals surface area (Å²) in [5.41, 5.74) is 0. The van der Waals surface area contributed by atoms with E-state index >= 15 is 0 Å². The second-order valence-corrected chi connectivity index (χ2v) is 8.01.